The molecular weight excluding hydrogens is 370 g/mol. The number of carbonyl (C=O) groups is 2. The van der Waals surface area contributed by atoms with Crippen molar-refractivity contribution < 1.29 is 14.3 Å². The Morgan fingerprint density at radius 2 is 1.71 bits per heavy atom. The predicted molar refractivity (Wildman–Crippen MR) is 112 cm³/mol. The van der Waals surface area contributed by atoms with E-state index in [2.05, 4.69) is 5.32 Å². The Kier molecular flexibility index (Phi) is 5.26. The first-order valence-electron chi connectivity index (χ1n) is 9.46. The van der Waals surface area contributed by atoms with Gasteiger partial charge in [0.1, 0.15) is 5.00 Å². The standard InChI is InChI=1S/C23H21NO3S/c1-2-27-23(26)20-18-9-6-10-19(18)28-22(20)24-21(25)17-13-11-16(12-14-17)15-7-4-3-5-8-15/h3-5,7-8,11-14H,2,6,9-10H2,1H3,(H,24,25). The number of anilines is 1. The fraction of sp³-hybridized carbons (Fsp3) is 0.217. The first-order valence-corrected chi connectivity index (χ1v) is 10.3. The number of aryl methyl sites for hydroxylation is 1. The summed E-state index contributed by atoms with van der Waals surface area (Å²) >= 11 is 1.49. The molecule has 28 heavy (non-hydrogen) atoms. The second-order valence-corrected chi connectivity index (χ2v) is 7.78. The number of fused-ring (bicyclic) bond motifs is 1. The van der Waals surface area contributed by atoms with Gasteiger partial charge in [0.2, 0.25) is 0 Å². The molecule has 5 heteroatoms. The van der Waals surface area contributed by atoms with Gasteiger partial charge in [-0.15, -0.1) is 11.3 Å². The number of benzene rings is 2. The first-order chi connectivity index (χ1) is 13.7. The van der Waals surface area contributed by atoms with Gasteiger partial charge in [0, 0.05) is 10.4 Å². The molecule has 142 valence electrons. The average Bonchev–Trinajstić information content (AvgIpc) is 3.29. The Bertz CT molecular complexity index is 1010. The summed E-state index contributed by atoms with van der Waals surface area (Å²) in [4.78, 5) is 26.4. The average molecular weight is 391 g/mol. The molecule has 0 radical (unpaired) electrons. The van der Waals surface area contributed by atoms with Gasteiger partial charge in [0.25, 0.3) is 5.91 Å². The Morgan fingerprint density at radius 1 is 1.00 bits per heavy atom. The highest BCUT2D eigenvalue weighted by Crippen LogP contribution is 2.39. The summed E-state index contributed by atoms with van der Waals surface area (Å²) in [6.07, 6.45) is 2.86. The number of thiophene rings is 1. The summed E-state index contributed by atoms with van der Waals surface area (Å²) in [6, 6.07) is 17.5. The Balaban J connectivity index is 1.56. The van der Waals surface area contributed by atoms with Crippen molar-refractivity contribution in [2.75, 3.05) is 11.9 Å². The monoisotopic (exact) mass is 391 g/mol. The summed E-state index contributed by atoms with van der Waals surface area (Å²) in [6.45, 7) is 2.11. The third-order valence-electron chi connectivity index (χ3n) is 4.88. The molecule has 0 saturated heterocycles. The number of amides is 1. The van der Waals surface area contributed by atoms with Crippen LogP contribution in [0.1, 0.15) is 44.5 Å². The molecule has 1 amide bonds. The van der Waals surface area contributed by atoms with E-state index in [1.165, 1.54) is 16.2 Å². The normalized spacial score (nSPS) is 12.5. The van der Waals surface area contributed by atoms with Crippen LogP contribution in [0.3, 0.4) is 0 Å². The topological polar surface area (TPSA) is 55.4 Å². The molecule has 1 heterocycles. The molecule has 0 aliphatic heterocycles. The van der Waals surface area contributed by atoms with E-state index >= 15 is 0 Å². The SMILES string of the molecule is CCOC(=O)c1c(NC(=O)c2ccc(-c3ccccc3)cc2)sc2c1CCC2. The number of nitrogens with one attached hydrogen (secondary N) is 1. The third kappa shape index (κ3) is 3.58. The lowest BCUT2D eigenvalue weighted by molar-refractivity contribution is 0.0527. The van der Waals surface area contributed by atoms with E-state index in [0.29, 0.717) is 22.7 Å². The molecule has 4 rings (SSSR count). The van der Waals surface area contributed by atoms with Gasteiger partial charge in [-0.2, -0.15) is 0 Å². The van der Waals surface area contributed by atoms with Crippen LogP contribution in [0.4, 0.5) is 5.00 Å². The maximum Gasteiger partial charge on any atom is 0.341 e. The molecule has 0 spiro atoms. The molecule has 2 aromatic carbocycles. The summed E-state index contributed by atoms with van der Waals surface area (Å²) in [7, 11) is 0. The number of esters is 1. The highest BCUT2D eigenvalue weighted by Gasteiger charge is 2.28. The van der Waals surface area contributed by atoms with Crippen LogP contribution in [0.5, 0.6) is 0 Å². The molecule has 0 saturated carbocycles. The third-order valence-corrected chi connectivity index (χ3v) is 6.09. The Morgan fingerprint density at radius 3 is 2.43 bits per heavy atom. The van der Waals surface area contributed by atoms with Crippen molar-refractivity contribution in [1.82, 2.24) is 0 Å². The minimum Gasteiger partial charge on any atom is -0.462 e. The van der Waals surface area contributed by atoms with Crippen molar-refractivity contribution in [3.8, 4) is 11.1 Å². The number of rotatable bonds is 5. The van der Waals surface area contributed by atoms with Crippen molar-refractivity contribution >= 4 is 28.2 Å². The maximum atomic E-state index is 12.8. The molecule has 0 atom stereocenters. The molecule has 1 aromatic heterocycles. The quantitative estimate of drug-likeness (QED) is 0.598. The second-order valence-electron chi connectivity index (χ2n) is 6.68. The highest BCUT2D eigenvalue weighted by atomic mass is 32.1. The minimum atomic E-state index is -0.350. The Hall–Kier alpha value is -2.92. The fourth-order valence-corrected chi connectivity index (χ4v) is 4.80. The molecule has 1 N–H and O–H groups in total. The molecule has 0 bridgehead atoms. The number of hydrogen-bond donors (Lipinski definition) is 1. The molecule has 1 aliphatic carbocycles. The van der Waals surface area contributed by atoms with Crippen molar-refractivity contribution in [2.45, 2.75) is 26.2 Å². The first kappa shape index (κ1) is 18.4. The lowest BCUT2D eigenvalue weighted by Crippen LogP contribution is -2.15. The number of hydrogen-bond acceptors (Lipinski definition) is 4. The number of ether oxygens (including phenoxy) is 1. The maximum absolute atomic E-state index is 12.8. The van der Waals surface area contributed by atoms with Crippen LogP contribution in [0, 0.1) is 0 Å². The summed E-state index contributed by atoms with van der Waals surface area (Å²) < 4.78 is 5.22. The van der Waals surface area contributed by atoms with E-state index in [9.17, 15) is 9.59 Å². The van der Waals surface area contributed by atoms with Gasteiger partial charge in [-0.1, -0.05) is 42.5 Å². The van der Waals surface area contributed by atoms with Crippen LogP contribution >= 0.6 is 11.3 Å². The van der Waals surface area contributed by atoms with E-state index in [1.54, 1.807) is 6.92 Å². The van der Waals surface area contributed by atoms with Crippen LogP contribution in [-0.4, -0.2) is 18.5 Å². The van der Waals surface area contributed by atoms with Gasteiger partial charge in [-0.25, -0.2) is 4.79 Å². The van der Waals surface area contributed by atoms with Gasteiger partial charge < -0.3 is 10.1 Å². The van der Waals surface area contributed by atoms with E-state index in [1.807, 2.05) is 54.6 Å². The molecule has 0 fully saturated rings. The van der Waals surface area contributed by atoms with Crippen molar-refractivity contribution in [1.29, 1.82) is 0 Å². The molecule has 4 nitrogen and oxygen atoms in total. The molecular formula is C23H21NO3S. The molecule has 3 aromatic rings. The summed E-state index contributed by atoms with van der Waals surface area (Å²) in [5.41, 5.74) is 4.29. The number of carbonyl (C=O) groups excluding carboxylic acids is 2. The van der Waals surface area contributed by atoms with Gasteiger partial charge in [0.15, 0.2) is 0 Å². The van der Waals surface area contributed by atoms with Crippen LogP contribution < -0.4 is 5.32 Å². The minimum absolute atomic E-state index is 0.218. The molecule has 0 unspecified atom stereocenters. The van der Waals surface area contributed by atoms with E-state index in [-0.39, 0.29) is 11.9 Å². The van der Waals surface area contributed by atoms with Crippen LogP contribution in [0.15, 0.2) is 54.6 Å². The fourth-order valence-electron chi connectivity index (χ4n) is 3.53. The van der Waals surface area contributed by atoms with Crippen molar-refractivity contribution in [3.05, 3.63) is 76.2 Å². The summed E-state index contributed by atoms with van der Waals surface area (Å²) in [5.74, 6) is -0.568. The highest BCUT2D eigenvalue weighted by molar-refractivity contribution is 7.17. The van der Waals surface area contributed by atoms with Gasteiger partial charge in [-0.3, -0.25) is 4.79 Å². The zero-order chi connectivity index (χ0) is 19.5. The zero-order valence-electron chi connectivity index (χ0n) is 15.7. The van der Waals surface area contributed by atoms with Gasteiger partial charge >= 0.3 is 5.97 Å². The molecule has 1 aliphatic rings. The lowest BCUT2D eigenvalue weighted by Gasteiger charge is -2.09. The van der Waals surface area contributed by atoms with E-state index in [4.69, 9.17) is 4.74 Å². The largest absolute Gasteiger partial charge is 0.462 e. The smallest absolute Gasteiger partial charge is 0.341 e. The lowest BCUT2D eigenvalue weighted by atomic mass is 10.0. The van der Waals surface area contributed by atoms with Gasteiger partial charge in [0.05, 0.1) is 12.2 Å². The summed E-state index contributed by atoms with van der Waals surface area (Å²) in [5, 5.41) is 3.53. The van der Waals surface area contributed by atoms with Crippen molar-refractivity contribution in [2.24, 2.45) is 0 Å². The van der Waals surface area contributed by atoms with Crippen LogP contribution in [0.25, 0.3) is 11.1 Å². The van der Waals surface area contributed by atoms with Gasteiger partial charge in [-0.05, 0) is 55.0 Å². The van der Waals surface area contributed by atoms with Crippen molar-refractivity contribution in [3.63, 3.8) is 0 Å². The zero-order valence-corrected chi connectivity index (χ0v) is 16.5. The van der Waals surface area contributed by atoms with Crippen LogP contribution in [-0.2, 0) is 17.6 Å². The predicted octanol–water partition coefficient (Wildman–Crippen LogP) is 5.33. The van der Waals surface area contributed by atoms with Crippen LogP contribution in [0.2, 0.25) is 0 Å². The second kappa shape index (κ2) is 7.98. The van der Waals surface area contributed by atoms with E-state index < -0.39 is 0 Å². The van der Waals surface area contributed by atoms with E-state index in [0.717, 1.165) is 36.0 Å². The Labute approximate surface area is 168 Å².